The summed E-state index contributed by atoms with van der Waals surface area (Å²) in [6.45, 7) is -2.24. The Balaban J connectivity index is 1.70. The Morgan fingerprint density at radius 2 is 1.77 bits per heavy atom. The molecule has 0 bridgehead atoms. The number of nitrogens with one attached hydrogen (secondary N) is 2. The van der Waals surface area contributed by atoms with Gasteiger partial charge in [0.05, 0.1) is 25.9 Å². The Labute approximate surface area is 197 Å². The molecule has 11 heteroatoms. The highest BCUT2D eigenvalue weighted by atomic mass is 19.3. The van der Waals surface area contributed by atoms with Crippen molar-refractivity contribution < 1.29 is 22.3 Å². The summed E-state index contributed by atoms with van der Waals surface area (Å²) in [7, 11) is 1.34. The number of aromatic nitrogens is 2. The van der Waals surface area contributed by atoms with E-state index in [1.165, 1.54) is 48.3 Å². The van der Waals surface area contributed by atoms with Gasteiger partial charge in [-0.25, -0.2) is 4.68 Å². The first kappa shape index (κ1) is 24.0. The van der Waals surface area contributed by atoms with Gasteiger partial charge in [0.15, 0.2) is 5.69 Å². The molecule has 1 aliphatic heterocycles. The number of hydrogen-bond donors (Lipinski definition) is 2. The molecular weight excluding hydrogens is 466 g/mol. The Bertz CT molecular complexity index is 1310. The Kier molecular flexibility index (Phi) is 6.33. The lowest BCUT2D eigenvalue weighted by atomic mass is 10.2. The lowest BCUT2D eigenvalue weighted by Gasteiger charge is -2.20. The van der Waals surface area contributed by atoms with E-state index in [0.29, 0.717) is 11.4 Å². The van der Waals surface area contributed by atoms with Crippen LogP contribution in [0.3, 0.4) is 0 Å². The van der Waals surface area contributed by atoms with E-state index in [9.17, 15) is 22.4 Å². The average Bonchev–Trinajstić information content (AvgIpc) is 3.06. The maximum absolute atomic E-state index is 13.7. The molecule has 2 heterocycles. The van der Waals surface area contributed by atoms with Crippen LogP contribution >= 0.6 is 0 Å². The molecule has 0 spiro atoms. The molecule has 4 rings (SSSR count). The largest absolute Gasteiger partial charge is 0.494 e. The topological polar surface area (TPSA) is 83.2 Å². The van der Waals surface area contributed by atoms with E-state index >= 15 is 0 Å². The van der Waals surface area contributed by atoms with E-state index in [0.717, 1.165) is 11.1 Å². The van der Waals surface area contributed by atoms with Crippen LogP contribution in [0.25, 0.3) is 11.4 Å². The lowest BCUT2D eigenvalue weighted by Crippen LogP contribution is -2.38. The van der Waals surface area contributed by atoms with Gasteiger partial charge in [-0.1, -0.05) is 18.2 Å². The van der Waals surface area contributed by atoms with Gasteiger partial charge in [-0.2, -0.15) is 22.7 Å². The summed E-state index contributed by atoms with van der Waals surface area (Å²) in [5.74, 6) is -8.11. The number of alkyl halides is 4. The number of methoxy groups -OCH3 is 1. The number of halogens is 4. The van der Waals surface area contributed by atoms with Crippen LogP contribution in [0.4, 0.5) is 28.9 Å². The molecule has 2 aromatic carbocycles. The number of anilines is 2. The molecule has 0 saturated carbocycles. The fraction of sp³-hybridized carbons (Fsp3) is 0.208. The van der Waals surface area contributed by atoms with Crippen molar-refractivity contribution >= 4 is 23.3 Å². The normalized spacial score (nSPS) is 16.7. The molecule has 0 aliphatic carbocycles. The number of rotatable bonds is 7. The second kappa shape index (κ2) is 9.24. The van der Waals surface area contributed by atoms with E-state index in [1.54, 1.807) is 24.3 Å². The van der Waals surface area contributed by atoms with E-state index in [2.05, 4.69) is 10.4 Å². The maximum atomic E-state index is 13.7. The monoisotopic (exact) mass is 487 g/mol. The predicted octanol–water partition coefficient (Wildman–Crippen LogP) is 4.43. The molecule has 0 unspecified atom stereocenters. The highest BCUT2D eigenvalue weighted by Gasteiger charge is 2.63. The molecule has 7 nitrogen and oxygen atoms in total. The van der Waals surface area contributed by atoms with Crippen molar-refractivity contribution in [2.24, 2.45) is 0 Å². The number of allylic oxidation sites excluding steroid dienone is 1. The first-order valence-corrected chi connectivity index (χ1v) is 10.5. The van der Waals surface area contributed by atoms with Gasteiger partial charge in [0, 0.05) is 35.9 Å². The molecule has 2 N–H and O–H groups in total. The summed E-state index contributed by atoms with van der Waals surface area (Å²) in [5.41, 5.74) is 1.06. The van der Waals surface area contributed by atoms with Crippen LogP contribution in [-0.4, -0.2) is 48.0 Å². The second-order valence-corrected chi connectivity index (χ2v) is 7.83. The van der Waals surface area contributed by atoms with E-state index in [-0.39, 0.29) is 22.8 Å². The van der Waals surface area contributed by atoms with Gasteiger partial charge in [-0.3, -0.25) is 4.79 Å². The smallest absolute Gasteiger partial charge is 0.329 e. The Morgan fingerprint density at radius 1 is 1.09 bits per heavy atom. The number of hydrogen-bond acceptors (Lipinski definition) is 6. The second-order valence-electron chi connectivity index (χ2n) is 7.83. The number of ether oxygens (including phenoxy) is 1. The molecule has 182 valence electrons. The van der Waals surface area contributed by atoms with Crippen molar-refractivity contribution in [3.8, 4) is 11.4 Å². The van der Waals surface area contributed by atoms with Gasteiger partial charge in [0.1, 0.15) is 11.4 Å². The highest BCUT2D eigenvalue weighted by molar-refractivity contribution is 5.86. The molecule has 0 atom stereocenters. The van der Waals surface area contributed by atoms with Crippen LogP contribution in [0.1, 0.15) is 5.69 Å². The lowest BCUT2D eigenvalue weighted by molar-refractivity contribution is -0.172. The number of nitrogens with zero attached hydrogens (tertiary/aromatic N) is 3. The first-order valence-electron chi connectivity index (χ1n) is 10.5. The summed E-state index contributed by atoms with van der Waals surface area (Å²) < 4.78 is 61.4. The summed E-state index contributed by atoms with van der Waals surface area (Å²) in [4.78, 5) is 13.5. The zero-order valence-electron chi connectivity index (χ0n) is 18.5. The fourth-order valence-electron chi connectivity index (χ4n) is 3.67. The molecule has 0 amide bonds. The van der Waals surface area contributed by atoms with Crippen molar-refractivity contribution in [2.45, 2.75) is 11.8 Å². The minimum atomic E-state index is -4.14. The molecule has 1 aliphatic rings. The van der Waals surface area contributed by atoms with E-state index in [1.807, 2.05) is 6.07 Å². The third-order valence-electron chi connectivity index (χ3n) is 5.46. The first-order chi connectivity index (χ1) is 16.6. The summed E-state index contributed by atoms with van der Waals surface area (Å²) in [6, 6.07) is 14.5. The van der Waals surface area contributed by atoms with Crippen LogP contribution in [-0.2, 0) is 0 Å². The van der Waals surface area contributed by atoms with Crippen LogP contribution in [0.5, 0.6) is 5.75 Å². The summed E-state index contributed by atoms with van der Waals surface area (Å²) in [5, 5.41) is 14.9. The Hall–Kier alpha value is -4.15. The number of para-hydroxylation sites is 1. The molecule has 1 aromatic heterocycles. The van der Waals surface area contributed by atoms with Crippen LogP contribution < -0.4 is 20.4 Å². The summed E-state index contributed by atoms with van der Waals surface area (Å²) >= 11 is 0. The van der Waals surface area contributed by atoms with Gasteiger partial charge in [0.25, 0.3) is 0 Å². The van der Waals surface area contributed by atoms with Crippen molar-refractivity contribution in [3.63, 3.8) is 0 Å². The zero-order chi connectivity index (χ0) is 25.2. The van der Waals surface area contributed by atoms with Crippen LogP contribution in [0, 0.1) is 5.41 Å². The molecule has 0 radical (unpaired) electrons. The van der Waals surface area contributed by atoms with Gasteiger partial charge in [-0.15, -0.1) is 0 Å². The standard InChI is InChI=1S/C24H21F4N5O2/c1-35-21-13-17(32-14-23(25,26)24(27,28)15-32)7-8-19(21)33-12-10-20(34)22(31-33)18(9-11-29)30-16-5-3-2-4-6-16/h2-13,29-30H,14-15H2,1H3/b18-9-,29-11?. The van der Waals surface area contributed by atoms with Crippen molar-refractivity contribution in [3.05, 3.63) is 82.8 Å². The minimum absolute atomic E-state index is 0.0183. The van der Waals surface area contributed by atoms with Crippen molar-refractivity contribution in [1.82, 2.24) is 9.78 Å². The fourth-order valence-corrected chi connectivity index (χ4v) is 3.67. The van der Waals surface area contributed by atoms with Gasteiger partial charge >= 0.3 is 11.8 Å². The predicted molar refractivity (Wildman–Crippen MR) is 125 cm³/mol. The molecule has 35 heavy (non-hydrogen) atoms. The SMILES string of the molecule is COc1cc(N2CC(F)(F)C(F)(F)C2)ccc1-n1ccc(=O)c(/C(=C/C=N)Nc2ccccc2)n1. The maximum Gasteiger partial charge on any atom is 0.329 e. The van der Waals surface area contributed by atoms with Crippen molar-refractivity contribution in [2.75, 3.05) is 30.4 Å². The summed E-state index contributed by atoms with van der Waals surface area (Å²) in [6.07, 6.45) is 3.79. The Morgan fingerprint density at radius 3 is 2.40 bits per heavy atom. The molecular formula is C24H21F4N5O2. The zero-order valence-corrected chi connectivity index (χ0v) is 18.5. The highest BCUT2D eigenvalue weighted by Crippen LogP contribution is 2.43. The third kappa shape index (κ3) is 4.75. The molecule has 1 fully saturated rings. The minimum Gasteiger partial charge on any atom is -0.494 e. The molecule has 1 saturated heterocycles. The van der Waals surface area contributed by atoms with Crippen molar-refractivity contribution in [1.29, 1.82) is 5.41 Å². The van der Waals surface area contributed by atoms with Gasteiger partial charge in [0.2, 0.25) is 5.43 Å². The quantitative estimate of drug-likeness (QED) is 0.381. The van der Waals surface area contributed by atoms with Gasteiger partial charge < -0.3 is 20.4 Å². The van der Waals surface area contributed by atoms with Crippen LogP contribution in [0.15, 0.2) is 71.7 Å². The van der Waals surface area contributed by atoms with E-state index < -0.39 is 30.4 Å². The van der Waals surface area contributed by atoms with E-state index in [4.69, 9.17) is 10.1 Å². The third-order valence-corrected chi connectivity index (χ3v) is 5.46. The average molecular weight is 487 g/mol. The molecule has 3 aromatic rings. The van der Waals surface area contributed by atoms with Gasteiger partial charge in [-0.05, 0) is 30.3 Å². The van der Waals surface area contributed by atoms with Crippen LogP contribution in [0.2, 0.25) is 0 Å². The number of benzene rings is 2.